The summed E-state index contributed by atoms with van der Waals surface area (Å²) in [5.41, 5.74) is 4.58. The predicted molar refractivity (Wildman–Crippen MR) is 70.4 cm³/mol. The SMILES string of the molecule is CC1NC(N)(F)OC(C(F)(F)F)C1C#Cc1nn(C(F)F)cc1Cl. The van der Waals surface area contributed by atoms with E-state index in [0.717, 1.165) is 6.20 Å². The molecule has 4 unspecified atom stereocenters. The van der Waals surface area contributed by atoms with Gasteiger partial charge in [0.1, 0.15) is 0 Å². The van der Waals surface area contributed by atoms with Gasteiger partial charge in [0.25, 0.3) is 0 Å². The third-order valence-corrected chi connectivity index (χ3v) is 3.43. The average molecular weight is 377 g/mol. The Labute approximate surface area is 137 Å². The summed E-state index contributed by atoms with van der Waals surface area (Å²) < 4.78 is 82.0. The Hall–Kier alpha value is -1.48. The second kappa shape index (κ2) is 6.44. The first-order valence-corrected chi connectivity index (χ1v) is 6.83. The highest BCUT2D eigenvalue weighted by atomic mass is 35.5. The molecule has 0 spiro atoms. The number of halogens is 7. The van der Waals surface area contributed by atoms with E-state index in [1.807, 2.05) is 5.32 Å². The van der Waals surface area contributed by atoms with Crippen LogP contribution in [0.3, 0.4) is 0 Å². The fourth-order valence-electron chi connectivity index (χ4n) is 2.13. The van der Waals surface area contributed by atoms with Crippen LogP contribution in [0.5, 0.6) is 0 Å². The Morgan fingerprint density at radius 3 is 2.62 bits per heavy atom. The van der Waals surface area contributed by atoms with Crippen molar-refractivity contribution in [2.75, 3.05) is 0 Å². The van der Waals surface area contributed by atoms with Crippen molar-refractivity contribution >= 4 is 11.6 Å². The standard InChI is InChI=1S/C12H11ClF6N4O/c1-5-6(9(11(16,17)18)24-12(19,20)21-5)2-3-8-7(13)4-23(22-8)10(14)15/h4-6,9-10,21H,20H2,1H3. The van der Waals surface area contributed by atoms with E-state index >= 15 is 0 Å². The first kappa shape index (κ1) is 18.9. The Bertz CT molecular complexity index is 665. The second-order valence-corrected chi connectivity index (χ2v) is 5.44. The van der Waals surface area contributed by atoms with Gasteiger partial charge >= 0.3 is 18.8 Å². The van der Waals surface area contributed by atoms with Gasteiger partial charge in [-0.05, 0) is 12.8 Å². The van der Waals surface area contributed by atoms with E-state index in [2.05, 4.69) is 21.7 Å². The van der Waals surface area contributed by atoms with Crippen molar-refractivity contribution in [1.29, 1.82) is 0 Å². The fourth-order valence-corrected chi connectivity index (χ4v) is 2.32. The first-order chi connectivity index (χ1) is 10.9. The largest absolute Gasteiger partial charge is 0.416 e. The number of nitrogens with zero attached hydrogens (tertiary/aromatic N) is 2. The van der Waals surface area contributed by atoms with Crippen LogP contribution in [0.25, 0.3) is 0 Å². The van der Waals surface area contributed by atoms with Crippen molar-refractivity contribution in [1.82, 2.24) is 15.1 Å². The molecule has 1 fully saturated rings. The van der Waals surface area contributed by atoms with Gasteiger partial charge in [-0.2, -0.15) is 31.4 Å². The summed E-state index contributed by atoms with van der Waals surface area (Å²) in [6, 6.07) is -1.15. The topological polar surface area (TPSA) is 65.1 Å². The molecule has 0 saturated carbocycles. The van der Waals surface area contributed by atoms with Gasteiger partial charge in [0.05, 0.1) is 17.1 Å². The molecule has 0 amide bonds. The molecular weight excluding hydrogens is 366 g/mol. The number of nitrogens with one attached hydrogen (secondary N) is 1. The van der Waals surface area contributed by atoms with E-state index in [-0.39, 0.29) is 15.4 Å². The highest BCUT2D eigenvalue weighted by Crippen LogP contribution is 2.35. The van der Waals surface area contributed by atoms with Crippen LogP contribution >= 0.6 is 11.6 Å². The minimum absolute atomic E-state index is 0.207. The molecule has 5 nitrogen and oxygen atoms in total. The molecule has 134 valence electrons. The van der Waals surface area contributed by atoms with Gasteiger partial charge < -0.3 is 4.74 Å². The smallest absolute Gasteiger partial charge is 0.307 e. The van der Waals surface area contributed by atoms with Crippen molar-refractivity contribution in [2.24, 2.45) is 11.7 Å². The van der Waals surface area contributed by atoms with E-state index in [0.29, 0.717) is 0 Å². The molecule has 2 rings (SSSR count). The van der Waals surface area contributed by atoms with Gasteiger partial charge in [-0.25, -0.2) is 10.00 Å². The Morgan fingerprint density at radius 1 is 1.50 bits per heavy atom. The molecule has 24 heavy (non-hydrogen) atoms. The molecule has 1 aromatic rings. The predicted octanol–water partition coefficient (Wildman–Crippen LogP) is 2.38. The maximum absolute atomic E-state index is 13.6. The zero-order valence-electron chi connectivity index (χ0n) is 11.9. The number of hydrogen-bond acceptors (Lipinski definition) is 4. The fraction of sp³-hybridized carbons (Fsp3) is 0.583. The van der Waals surface area contributed by atoms with E-state index in [4.69, 9.17) is 17.3 Å². The van der Waals surface area contributed by atoms with Crippen LogP contribution in [-0.2, 0) is 4.74 Å². The van der Waals surface area contributed by atoms with Gasteiger partial charge in [-0.3, -0.25) is 5.73 Å². The second-order valence-electron chi connectivity index (χ2n) is 5.04. The van der Waals surface area contributed by atoms with Crippen molar-refractivity contribution in [3.63, 3.8) is 0 Å². The van der Waals surface area contributed by atoms with Crippen molar-refractivity contribution < 1.29 is 31.1 Å². The van der Waals surface area contributed by atoms with Crippen LogP contribution in [-0.4, -0.2) is 34.2 Å². The van der Waals surface area contributed by atoms with Gasteiger partial charge in [0.2, 0.25) is 0 Å². The third kappa shape index (κ3) is 4.13. The molecule has 0 bridgehead atoms. The number of aromatic nitrogens is 2. The monoisotopic (exact) mass is 376 g/mol. The zero-order valence-corrected chi connectivity index (χ0v) is 12.7. The number of rotatable bonds is 1. The van der Waals surface area contributed by atoms with E-state index in [1.165, 1.54) is 6.92 Å². The van der Waals surface area contributed by atoms with Gasteiger partial charge in [0.15, 0.2) is 11.8 Å². The minimum Gasteiger partial charge on any atom is -0.307 e. The molecule has 0 radical (unpaired) electrons. The summed E-state index contributed by atoms with van der Waals surface area (Å²) in [4.78, 5) is 0. The molecule has 0 aliphatic carbocycles. The molecule has 0 aromatic carbocycles. The molecule has 12 heteroatoms. The Kier molecular flexibility index (Phi) is 5.06. The van der Waals surface area contributed by atoms with Crippen LogP contribution < -0.4 is 11.1 Å². The molecule has 1 aliphatic rings. The van der Waals surface area contributed by atoms with E-state index < -0.39 is 36.9 Å². The number of nitrogens with two attached hydrogens (primary N) is 1. The summed E-state index contributed by atoms with van der Waals surface area (Å²) in [6.45, 7) is -1.76. The van der Waals surface area contributed by atoms with Gasteiger partial charge in [-0.1, -0.05) is 17.5 Å². The zero-order chi connectivity index (χ0) is 18.3. The lowest BCUT2D eigenvalue weighted by atomic mass is 9.93. The summed E-state index contributed by atoms with van der Waals surface area (Å²) in [6.07, 6.45) is -9.96. The third-order valence-electron chi connectivity index (χ3n) is 3.15. The normalized spacial score (nSPS) is 31.0. The minimum atomic E-state index is -4.95. The van der Waals surface area contributed by atoms with Crippen LogP contribution in [0.1, 0.15) is 19.2 Å². The lowest BCUT2D eigenvalue weighted by Gasteiger charge is -2.41. The summed E-state index contributed by atoms with van der Waals surface area (Å²) in [5, 5.41) is 5.08. The summed E-state index contributed by atoms with van der Waals surface area (Å²) >= 11 is 5.65. The Balaban J connectivity index is 2.33. The molecule has 1 aliphatic heterocycles. The van der Waals surface area contributed by atoms with Crippen LogP contribution in [0.4, 0.5) is 26.3 Å². The van der Waals surface area contributed by atoms with E-state index in [1.54, 1.807) is 0 Å². The van der Waals surface area contributed by atoms with Gasteiger partial charge in [-0.15, -0.1) is 0 Å². The van der Waals surface area contributed by atoms with E-state index in [9.17, 15) is 26.3 Å². The van der Waals surface area contributed by atoms with Crippen molar-refractivity contribution in [3.8, 4) is 11.8 Å². The molecule has 1 saturated heterocycles. The molecule has 3 N–H and O–H groups in total. The molecule has 1 aromatic heterocycles. The lowest BCUT2D eigenvalue weighted by Crippen LogP contribution is -2.67. The quantitative estimate of drug-likeness (QED) is 0.449. The highest BCUT2D eigenvalue weighted by Gasteiger charge is 2.55. The summed E-state index contributed by atoms with van der Waals surface area (Å²) in [5.74, 6) is 2.81. The van der Waals surface area contributed by atoms with Crippen LogP contribution in [0.2, 0.25) is 5.02 Å². The van der Waals surface area contributed by atoms with Gasteiger partial charge in [0, 0.05) is 6.04 Å². The van der Waals surface area contributed by atoms with Crippen molar-refractivity contribution in [2.45, 2.75) is 37.9 Å². The number of hydrogen-bond donors (Lipinski definition) is 2. The maximum atomic E-state index is 13.6. The molecule has 2 heterocycles. The number of alkyl halides is 6. The van der Waals surface area contributed by atoms with Crippen molar-refractivity contribution in [3.05, 3.63) is 16.9 Å². The van der Waals surface area contributed by atoms with Crippen LogP contribution in [0, 0.1) is 17.8 Å². The highest BCUT2D eigenvalue weighted by molar-refractivity contribution is 6.31. The molecular formula is C12H11ClF6N4O. The first-order valence-electron chi connectivity index (χ1n) is 6.45. The lowest BCUT2D eigenvalue weighted by molar-refractivity contribution is -0.321. The molecule has 4 atom stereocenters. The Morgan fingerprint density at radius 2 is 2.12 bits per heavy atom. The van der Waals surface area contributed by atoms with Crippen LogP contribution in [0.15, 0.2) is 6.20 Å². The average Bonchev–Trinajstić information content (AvgIpc) is 2.77. The number of ether oxygens (including phenoxy) is 1. The maximum Gasteiger partial charge on any atom is 0.416 e. The summed E-state index contributed by atoms with van der Waals surface area (Å²) in [7, 11) is 0.